The van der Waals surface area contributed by atoms with E-state index in [1.165, 1.54) is 5.56 Å². The molecule has 5 aromatic rings. The second-order valence-corrected chi connectivity index (χ2v) is 7.93. The SMILES string of the molecule is Cc1ccc2nc(Cn3cc(-c4cc(N5CCOCC5)cc5[nH]ncc45)nn3)cn2c1. The van der Waals surface area contributed by atoms with Crippen molar-refractivity contribution >= 4 is 22.2 Å². The van der Waals surface area contributed by atoms with E-state index >= 15 is 0 Å². The van der Waals surface area contributed by atoms with E-state index < -0.39 is 0 Å². The van der Waals surface area contributed by atoms with E-state index in [9.17, 15) is 0 Å². The van der Waals surface area contributed by atoms with Gasteiger partial charge < -0.3 is 14.0 Å². The van der Waals surface area contributed by atoms with Gasteiger partial charge in [0.1, 0.15) is 11.3 Å². The van der Waals surface area contributed by atoms with Gasteiger partial charge in [-0.25, -0.2) is 9.67 Å². The van der Waals surface area contributed by atoms with E-state index in [-0.39, 0.29) is 0 Å². The van der Waals surface area contributed by atoms with E-state index in [1.807, 2.05) is 33.7 Å². The maximum Gasteiger partial charge on any atom is 0.137 e. The first-order valence-corrected chi connectivity index (χ1v) is 10.4. The van der Waals surface area contributed by atoms with Gasteiger partial charge >= 0.3 is 0 Å². The predicted octanol–water partition coefficient (Wildman–Crippen LogP) is 2.66. The molecule has 0 unspecified atom stereocenters. The number of rotatable bonds is 4. The van der Waals surface area contributed by atoms with E-state index in [2.05, 4.69) is 61.7 Å². The maximum absolute atomic E-state index is 5.50. The van der Waals surface area contributed by atoms with Gasteiger partial charge in [-0.2, -0.15) is 5.10 Å². The van der Waals surface area contributed by atoms with Crippen molar-refractivity contribution in [1.82, 2.24) is 34.6 Å². The number of anilines is 1. The summed E-state index contributed by atoms with van der Waals surface area (Å²) >= 11 is 0. The van der Waals surface area contributed by atoms with Crippen molar-refractivity contribution in [2.75, 3.05) is 31.2 Å². The number of fused-ring (bicyclic) bond motifs is 2. The number of aryl methyl sites for hydroxylation is 1. The molecule has 1 saturated heterocycles. The molecule has 0 saturated carbocycles. The minimum Gasteiger partial charge on any atom is -0.378 e. The molecule has 0 bridgehead atoms. The van der Waals surface area contributed by atoms with Crippen LogP contribution in [-0.4, -0.2) is 60.9 Å². The van der Waals surface area contributed by atoms with Crippen LogP contribution in [0.4, 0.5) is 5.69 Å². The summed E-state index contributed by atoms with van der Waals surface area (Å²) in [5, 5.41) is 17.2. The van der Waals surface area contributed by atoms with Crippen LogP contribution in [0.3, 0.4) is 0 Å². The minimum absolute atomic E-state index is 0.561. The standard InChI is InChI=1S/C22H22N8O/c1-15-2-3-22-24-16(12-29(22)11-15)13-30-14-21(26-27-30)18-8-17(28-4-6-31-7-5-28)9-20-19(18)10-23-25-20/h2-3,8-12,14H,4-7,13H2,1H3,(H,23,25). The van der Waals surface area contributed by atoms with Crippen molar-refractivity contribution in [3.8, 4) is 11.3 Å². The lowest BCUT2D eigenvalue weighted by molar-refractivity contribution is 0.122. The fourth-order valence-corrected chi connectivity index (χ4v) is 4.15. The zero-order chi connectivity index (χ0) is 20.8. The lowest BCUT2D eigenvalue weighted by atomic mass is 10.1. The predicted molar refractivity (Wildman–Crippen MR) is 117 cm³/mol. The van der Waals surface area contributed by atoms with Gasteiger partial charge in [-0.05, 0) is 30.7 Å². The van der Waals surface area contributed by atoms with Gasteiger partial charge in [-0.15, -0.1) is 5.10 Å². The Morgan fingerprint density at radius 1 is 1.10 bits per heavy atom. The summed E-state index contributed by atoms with van der Waals surface area (Å²) in [6, 6.07) is 8.40. The molecular weight excluding hydrogens is 392 g/mol. The lowest BCUT2D eigenvalue weighted by Crippen LogP contribution is -2.36. The molecule has 156 valence electrons. The topological polar surface area (TPSA) is 89.2 Å². The lowest BCUT2D eigenvalue weighted by Gasteiger charge is -2.29. The molecule has 5 heterocycles. The highest BCUT2D eigenvalue weighted by Crippen LogP contribution is 2.32. The third-order valence-electron chi connectivity index (χ3n) is 5.71. The number of pyridine rings is 1. The molecule has 0 atom stereocenters. The zero-order valence-corrected chi connectivity index (χ0v) is 17.2. The summed E-state index contributed by atoms with van der Waals surface area (Å²) < 4.78 is 9.38. The summed E-state index contributed by atoms with van der Waals surface area (Å²) in [5.41, 5.74) is 7.04. The zero-order valence-electron chi connectivity index (χ0n) is 17.2. The molecule has 0 spiro atoms. The van der Waals surface area contributed by atoms with Crippen molar-refractivity contribution in [1.29, 1.82) is 0 Å². The Morgan fingerprint density at radius 3 is 2.90 bits per heavy atom. The van der Waals surface area contributed by atoms with Crippen LogP contribution in [-0.2, 0) is 11.3 Å². The highest BCUT2D eigenvalue weighted by Gasteiger charge is 2.17. The number of imidazole rings is 1. The normalized spacial score (nSPS) is 14.7. The largest absolute Gasteiger partial charge is 0.378 e. The summed E-state index contributed by atoms with van der Waals surface area (Å²) in [6.07, 6.45) is 7.93. The fourth-order valence-electron chi connectivity index (χ4n) is 4.15. The van der Waals surface area contributed by atoms with Gasteiger partial charge in [0.2, 0.25) is 0 Å². The molecule has 1 aliphatic heterocycles. The number of benzene rings is 1. The molecule has 0 radical (unpaired) electrons. The Kier molecular flexibility index (Phi) is 4.20. The Morgan fingerprint density at radius 2 is 2.00 bits per heavy atom. The van der Waals surface area contributed by atoms with Crippen LogP contribution < -0.4 is 4.90 Å². The number of ether oxygens (including phenoxy) is 1. The quantitative estimate of drug-likeness (QED) is 0.486. The third kappa shape index (κ3) is 3.32. The first kappa shape index (κ1) is 18.1. The van der Waals surface area contributed by atoms with E-state index in [0.717, 1.165) is 65.5 Å². The molecule has 1 aliphatic rings. The summed E-state index contributed by atoms with van der Waals surface area (Å²) in [5.74, 6) is 0. The Labute approximate surface area is 178 Å². The second kappa shape index (κ2) is 7.21. The summed E-state index contributed by atoms with van der Waals surface area (Å²) in [4.78, 5) is 7.02. The molecule has 6 rings (SSSR count). The number of hydrogen-bond acceptors (Lipinski definition) is 6. The van der Waals surface area contributed by atoms with Crippen LogP contribution in [0.25, 0.3) is 27.8 Å². The second-order valence-electron chi connectivity index (χ2n) is 7.93. The Bertz CT molecular complexity index is 1370. The number of hydrogen-bond donors (Lipinski definition) is 1. The molecule has 0 amide bonds. The van der Waals surface area contributed by atoms with Gasteiger partial charge in [0.25, 0.3) is 0 Å². The first-order chi connectivity index (χ1) is 15.2. The van der Waals surface area contributed by atoms with Crippen molar-refractivity contribution in [3.05, 3.63) is 60.3 Å². The van der Waals surface area contributed by atoms with Crippen LogP contribution in [0, 0.1) is 6.92 Å². The molecule has 0 aliphatic carbocycles. The summed E-state index contributed by atoms with van der Waals surface area (Å²) in [7, 11) is 0. The average molecular weight is 414 g/mol. The highest BCUT2D eigenvalue weighted by atomic mass is 16.5. The number of aromatic nitrogens is 7. The monoisotopic (exact) mass is 414 g/mol. The van der Waals surface area contributed by atoms with Crippen LogP contribution >= 0.6 is 0 Å². The van der Waals surface area contributed by atoms with Gasteiger partial charge in [0.15, 0.2) is 0 Å². The number of morpholine rings is 1. The summed E-state index contributed by atoms with van der Waals surface area (Å²) in [6.45, 7) is 5.87. The van der Waals surface area contributed by atoms with Crippen LogP contribution in [0.2, 0.25) is 0 Å². The van der Waals surface area contributed by atoms with Gasteiger partial charge in [0, 0.05) is 42.1 Å². The smallest absolute Gasteiger partial charge is 0.137 e. The van der Waals surface area contributed by atoms with E-state index in [1.54, 1.807) is 0 Å². The van der Waals surface area contributed by atoms with Gasteiger partial charge in [-0.1, -0.05) is 11.3 Å². The third-order valence-corrected chi connectivity index (χ3v) is 5.71. The van der Waals surface area contributed by atoms with Gasteiger partial charge in [-0.3, -0.25) is 5.10 Å². The molecule has 1 fully saturated rings. The molecular formula is C22H22N8O. The molecule has 1 aromatic carbocycles. The number of H-pyrrole nitrogens is 1. The van der Waals surface area contributed by atoms with Crippen LogP contribution in [0.1, 0.15) is 11.3 Å². The van der Waals surface area contributed by atoms with E-state index in [4.69, 9.17) is 4.74 Å². The van der Waals surface area contributed by atoms with Crippen molar-refractivity contribution in [2.24, 2.45) is 0 Å². The Hall–Kier alpha value is -3.72. The number of aromatic amines is 1. The number of nitrogens with one attached hydrogen (secondary N) is 1. The van der Waals surface area contributed by atoms with Crippen LogP contribution in [0.5, 0.6) is 0 Å². The first-order valence-electron chi connectivity index (χ1n) is 10.4. The molecule has 1 N–H and O–H groups in total. The fraction of sp³-hybridized carbons (Fsp3) is 0.273. The highest BCUT2D eigenvalue weighted by molar-refractivity contribution is 5.96. The van der Waals surface area contributed by atoms with Crippen molar-refractivity contribution in [2.45, 2.75) is 13.5 Å². The average Bonchev–Trinajstić information content (AvgIpc) is 3.53. The van der Waals surface area contributed by atoms with Crippen molar-refractivity contribution < 1.29 is 4.74 Å². The molecule has 31 heavy (non-hydrogen) atoms. The van der Waals surface area contributed by atoms with Gasteiger partial charge in [0.05, 0.1) is 43.4 Å². The Balaban J connectivity index is 1.34. The molecule has 9 nitrogen and oxygen atoms in total. The minimum atomic E-state index is 0.561. The molecule has 4 aromatic heterocycles. The van der Waals surface area contributed by atoms with Crippen molar-refractivity contribution in [3.63, 3.8) is 0 Å². The number of nitrogens with zero attached hydrogens (tertiary/aromatic N) is 7. The van der Waals surface area contributed by atoms with Crippen LogP contribution in [0.15, 0.2) is 49.1 Å². The van der Waals surface area contributed by atoms with E-state index in [0.29, 0.717) is 6.54 Å². The maximum atomic E-state index is 5.50. The molecule has 9 heteroatoms.